The highest BCUT2D eigenvalue weighted by Gasteiger charge is 2.47. The van der Waals surface area contributed by atoms with Crippen LogP contribution < -0.4 is 10.6 Å². The molecule has 1 atom stereocenters. The Hall–Kier alpha value is -2.25. The van der Waals surface area contributed by atoms with Crippen molar-refractivity contribution in [2.75, 3.05) is 26.2 Å². The van der Waals surface area contributed by atoms with Crippen LogP contribution in [0.4, 0.5) is 0 Å². The van der Waals surface area contributed by atoms with Crippen LogP contribution in [0.25, 0.3) is 0 Å². The number of carbonyl (C=O) groups is 3. The number of rotatable bonds is 3. The summed E-state index contributed by atoms with van der Waals surface area (Å²) in [6.45, 7) is 5.88. The van der Waals surface area contributed by atoms with Gasteiger partial charge < -0.3 is 10.2 Å². The molecule has 26 heavy (non-hydrogen) atoms. The molecule has 1 aromatic carbocycles. The molecule has 0 saturated carbocycles. The first kappa shape index (κ1) is 16.0. The quantitative estimate of drug-likeness (QED) is 0.738. The van der Waals surface area contributed by atoms with Crippen LogP contribution >= 0.6 is 0 Å². The highest BCUT2D eigenvalue weighted by atomic mass is 16.2. The molecule has 5 rings (SSSR count). The van der Waals surface area contributed by atoms with E-state index < -0.39 is 6.04 Å². The Labute approximate surface area is 151 Å². The average Bonchev–Trinajstić information content (AvgIpc) is 2.85. The van der Waals surface area contributed by atoms with Crippen molar-refractivity contribution in [3.8, 4) is 0 Å². The molecule has 0 aromatic heterocycles. The zero-order valence-corrected chi connectivity index (χ0v) is 14.6. The fraction of sp³-hybridized carbons (Fsp3) is 0.526. The van der Waals surface area contributed by atoms with Crippen molar-refractivity contribution in [1.82, 2.24) is 20.4 Å². The van der Waals surface area contributed by atoms with Crippen LogP contribution in [0.3, 0.4) is 0 Å². The van der Waals surface area contributed by atoms with Gasteiger partial charge in [-0.2, -0.15) is 0 Å². The van der Waals surface area contributed by atoms with Gasteiger partial charge in [0.15, 0.2) is 0 Å². The summed E-state index contributed by atoms with van der Waals surface area (Å²) >= 11 is 0. The minimum Gasteiger partial charge on any atom is -0.322 e. The van der Waals surface area contributed by atoms with Crippen molar-refractivity contribution in [2.45, 2.75) is 32.0 Å². The lowest BCUT2D eigenvalue weighted by Crippen LogP contribution is -2.70. The number of benzene rings is 1. The molecule has 3 fully saturated rings. The minimum absolute atomic E-state index is 0.107. The number of carbonyl (C=O) groups excluding carboxylic acids is 3. The number of piperidine rings is 1. The van der Waals surface area contributed by atoms with Gasteiger partial charge in [0, 0.05) is 56.7 Å². The molecular formula is C19H22N4O3. The van der Waals surface area contributed by atoms with E-state index in [1.54, 1.807) is 4.90 Å². The second kappa shape index (κ2) is 5.62. The van der Waals surface area contributed by atoms with Crippen molar-refractivity contribution >= 4 is 17.7 Å². The van der Waals surface area contributed by atoms with Crippen LogP contribution in [0.2, 0.25) is 0 Å². The third-order valence-corrected chi connectivity index (χ3v) is 6.11. The second-order valence-corrected chi connectivity index (χ2v) is 8.14. The van der Waals surface area contributed by atoms with Gasteiger partial charge in [-0.1, -0.05) is 12.1 Å². The lowest BCUT2D eigenvalue weighted by molar-refractivity contribution is -0.136. The standard InChI is InChI=1S/C19H22N4O3/c24-16-4-3-15(17(25)21-16)23-7-13-5-12(1-2-14(13)18(23)26)6-22-10-19(11-22)8-20-9-19/h1-2,5,15,20H,3-4,6-11H2,(H,21,24,25). The molecule has 3 saturated heterocycles. The molecule has 136 valence electrons. The van der Waals surface area contributed by atoms with Crippen LogP contribution in [-0.2, 0) is 22.7 Å². The van der Waals surface area contributed by atoms with Gasteiger partial charge >= 0.3 is 0 Å². The van der Waals surface area contributed by atoms with Crippen LogP contribution in [0.1, 0.15) is 34.3 Å². The van der Waals surface area contributed by atoms with Gasteiger partial charge in [0.1, 0.15) is 6.04 Å². The molecule has 4 heterocycles. The van der Waals surface area contributed by atoms with Gasteiger partial charge in [-0.3, -0.25) is 24.6 Å². The number of imide groups is 1. The van der Waals surface area contributed by atoms with Gasteiger partial charge in [0.05, 0.1) is 0 Å². The van der Waals surface area contributed by atoms with E-state index >= 15 is 0 Å². The van der Waals surface area contributed by atoms with Gasteiger partial charge in [0.25, 0.3) is 5.91 Å². The van der Waals surface area contributed by atoms with Gasteiger partial charge in [-0.15, -0.1) is 0 Å². The molecule has 3 amide bonds. The number of hydrogen-bond donors (Lipinski definition) is 2. The SMILES string of the molecule is O=C1CCC(N2Cc3cc(CN4CC5(CNC5)C4)ccc3C2=O)C(=O)N1. The van der Waals surface area contributed by atoms with Crippen LogP contribution in [0, 0.1) is 5.41 Å². The molecule has 4 aliphatic heterocycles. The van der Waals surface area contributed by atoms with Crippen molar-refractivity contribution in [3.05, 3.63) is 34.9 Å². The number of hydrogen-bond acceptors (Lipinski definition) is 5. The topological polar surface area (TPSA) is 81.8 Å². The van der Waals surface area contributed by atoms with E-state index in [9.17, 15) is 14.4 Å². The molecule has 0 aliphatic carbocycles. The summed E-state index contributed by atoms with van der Waals surface area (Å²) in [5, 5.41) is 5.69. The first-order valence-electron chi connectivity index (χ1n) is 9.23. The fourth-order valence-corrected chi connectivity index (χ4v) is 4.70. The average molecular weight is 354 g/mol. The van der Waals surface area contributed by atoms with E-state index in [-0.39, 0.29) is 24.1 Å². The van der Waals surface area contributed by atoms with Crippen molar-refractivity contribution < 1.29 is 14.4 Å². The molecule has 1 aromatic rings. The summed E-state index contributed by atoms with van der Waals surface area (Å²) in [5.74, 6) is -0.723. The number of amides is 3. The summed E-state index contributed by atoms with van der Waals surface area (Å²) < 4.78 is 0. The Bertz CT molecular complexity index is 809. The number of fused-ring (bicyclic) bond motifs is 1. The molecular weight excluding hydrogens is 332 g/mol. The monoisotopic (exact) mass is 354 g/mol. The van der Waals surface area contributed by atoms with E-state index in [1.807, 2.05) is 12.1 Å². The zero-order chi connectivity index (χ0) is 17.9. The van der Waals surface area contributed by atoms with Crippen LogP contribution in [0.5, 0.6) is 0 Å². The van der Waals surface area contributed by atoms with Crippen LogP contribution in [-0.4, -0.2) is 59.7 Å². The largest absolute Gasteiger partial charge is 0.322 e. The van der Waals surface area contributed by atoms with Crippen molar-refractivity contribution in [1.29, 1.82) is 0 Å². The maximum absolute atomic E-state index is 12.7. The van der Waals surface area contributed by atoms with E-state index in [0.717, 1.165) is 38.3 Å². The van der Waals surface area contributed by atoms with E-state index in [4.69, 9.17) is 0 Å². The highest BCUT2D eigenvalue weighted by molar-refractivity contribution is 6.05. The third kappa shape index (κ3) is 2.46. The zero-order valence-electron chi connectivity index (χ0n) is 14.6. The summed E-state index contributed by atoms with van der Waals surface area (Å²) in [5.41, 5.74) is 3.39. The molecule has 1 unspecified atom stereocenters. The predicted molar refractivity (Wildman–Crippen MR) is 93.1 cm³/mol. The summed E-state index contributed by atoms with van der Waals surface area (Å²) in [6.07, 6.45) is 0.689. The normalized spacial score (nSPS) is 27.2. The van der Waals surface area contributed by atoms with E-state index in [2.05, 4.69) is 21.6 Å². The Kier molecular flexibility index (Phi) is 3.45. The first-order valence-corrected chi connectivity index (χ1v) is 9.23. The summed E-state index contributed by atoms with van der Waals surface area (Å²) in [4.78, 5) is 40.2. The highest BCUT2D eigenvalue weighted by Crippen LogP contribution is 2.35. The molecule has 7 heteroatoms. The summed E-state index contributed by atoms with van der Waals surface area (Å²) in [7, 11) is 0. The lowest BCUT2D eigenvalue weighted by atomic mass is 9.74. The van der Waals surface area contributed by atoms with Crippen LogP contribution in [0.15, 0.2) is 18.2 Å². The number of nitrogens with one attached hydrogen (secondary N) is 2. The van der Waals surface area contributed by atoms with Crippen molar-refractivity contribution in [3.63, 3.8) is 0 Å². The van der Waals surface area contributed by atoms with Gasteiger partial charge in [0.2, 0.25) is 11.8 Å². The van der Waals surface area contributed by atoms with E-state index in [1.165, 1.54) is 5.56 Å². The minimum atomic E-state index is -0.544. The summed E-state index contributed by atoms with van der Waals surface area (Å²) in [6, 6.07) is 5.47. The number of nitrogens with zero attached hydrogens (tertiary/aromatic N) is 2. The Balaban J connectivity index is 1.28. The first-order chi connectivity index (χ1) is 12.5. The smallest absolute Gasteiger partial charge is 0.255 e. The van der Waals surface area contributed by atoms with E-state index in [0.29, 0.717) is 23.9 Å². The Morgan fingerprint density at radius 1 is 1.15 bits per heavy atom. The molecule has 4 aliphatic rings. The van der Waals surface area contributed by atoms with Gasteiger partial charge in [-0.05, 0) is 23.6 Å². The maximum Gasteiger partial charge on any atom is 0.255 e. The Morgan fingerprint density at radius 2 is 1.96 bits per heavy atom. The molecule has 7 nitrogen and oxygen atoms in total. The molecule has 0 bridgehead atoms. The predicted octanol–water partition coefficient (Wildman–Crippen LogP) is -0.147. The second-order valence-electron chi connectivity index (χ2n) is 8.14. The van der Waals surface area contributed by atoms with Crippen molar-refractivity contribution in [2.24, 2.45) is 5.41 Å². The number of likely N-dealkylation sites (tertiary alicyclic amines) is 1. The molecule has 2 N–H and O–H groups in total. The lowest BCUT2D eigenvalue weighted by Gasteiger charge is -2.56. The molecule has 1 spiro atoms. The fourth-order valence-electron chi connectivity index (χ4n) is 4.70. The third-order valence-electron chi connectivity index (χ3n) is 6.11. The molecule has 0 radical (unpaired) electrons. The van der Waals surface area contributed by atoms with Gasteiger partial charge in [-0.25, -0.2) is 0 Å². The maximum atomic E-state index is 12.7. The Morgan fingerprint density at radius 3 is 2.65 bits per heavy atom.